The highest BCUT2D eigenvalue weighted by molar-refractivity contribution is 5.87. The molecule has 0 radical (unpaired) electrons. The quantitative estimate of drug-likeness (QED) is 0.685. The smallest absolute Gasteiger partial charge is 0.358 e. The van der Waals surface area contributed by atoms with Gasteiger partial charge in [-0.2, -0.15) is 0 Å². The molecule has 2 N–H and O–H groups in total. The van der Waals surface area contributed by atoms with Crippen LogP contribution in [0, 0.1) is 6.92 Å². The van der Waals surface area contributed by atoms with E-state index in [0.29, 0.717) is 12.2 Å². The molecular formula is C12H19N5O4. The molecule has 0 aliphatic rings. The Bertz CT molecular complexity index is 540. The van der Waals surface area contributed by atoms with Gasteiger partial charge in [-0.1, -0.05) is 12.1 Å². The van der Waals surface area contributed by atoms with Crippen LogP contribution in [-0.4, -0.2) is 62.9 Å². The third-order valence-electron chi connectivity index (χ3n) is 2.85. The first-order valence-corrected chi connectivity index (χ1v) is 6.50. The van der Waals surface area contributed by atoms with E-state index in [0.717, 1.165) is 6.42 Å². The Kier molecular flexibility index (Phi) is 5.82. The fourth-order valence-electron chi connectivity index (χ4n) is 1.58. The molecule has 1 aromatic heterocycles. The maximum Gasteiger partial charge on any atom is 0.358 e. The number of carboxylic acids is 1. The Morgan fingerprint density at radius 1 is 1.38 bits per heavy atom. The summed E-state index contributed by atoms with van der Waals surface area (Å²) in [7, 11) is 1.50. The van der Waals surface area contributed by atoms with Crippen LogP contribution in [0.5, 0.6) is 0 Å². The Balaban J connectivity index is 2.60. The Morgan fingerprint density at radius 2 is 2.05 bits per heavy atom. The zero-order valence-corrected chi connectivity index (χ0v) is 12.3. The van der Waals surface area contributed by atoms with Gasteiger partial charge in [0.15, 0.2) is 5.69 Å². The van der Waals surface area contributed by atoms with Crippen LogP contribution in [0.3, 0.4) is 0 Å². The van der Waals surface area contributed by atoms with Gasteiger partial charge in [0, 0.05) is 13.6 Å². The molecule has 1 aromatic rings. The molecule has 0 aliphatic carbocycles. The van der Waals surface area contributed by atoms with E-state index in [9.17, 15) is 14.4 Å². The Morgan fingerprint density at radius 3 is 2.57 bits per heavy atom. The first kappa shape index (κ1) is 16.6. The maximum atomic E-state index is 12.0. The molecule has 21 heavy (non-hydrogen) atoms. The molecule has 116 valence electrons. The fourth-order valence-corrected chi connectivity index (χ4v) is 1.58. The molecule has 0 bridgehead atoms. The second-order valence-corrected chi connectivity index (χ2v) is 4.59. The van der Waals surface area contributed by atoms with Crippen LogP contribution in [0.25, 0.3) is 0 Å². The summed E-state index contributed by atoms with van der Waals surface area (Å²) < 4.78 is 1.20. The lowest BCUT2D eigenvalue weighted by molar-refractivity contribution is -0.135. The Labute approximate surface area is 121 Å². The number of rotatable bonds is 7. The van der Waals surface area contributed by atoms with E-state index in [2.05, 4.69) is 15.6 Å². The fraction of sp³-hybridized carbons (Fsp3) is 0.583. The number of carbonyl (C=O) groups excluding carboxylic acids is 2. The Hall–Kier alpha value is -2.45. The van der Waals surface area contributed by atoms with Crippen molar-refractivity contribution in [2.75, 3.05) is 20.1 Å². The summed E-state index contributed by atoms with van der Waals surface area (Å²) in [5.74, 6) is -1.79. The molecule has 0 saturated carbocycles. The van der Waals surface area contributed by atoms with Gasteiger partial charge < -0.3 is 15.3 Å². The lowest BCUT2D eigenvalue weighted by Crippen LogP contribution is -2.40. The molecule has 0 unspecified atom stereocenters. The van der Waals surface area contributed by atoms with Gasteiger partial charge in [0.1, 0.15) is 6.54 Å². The van der Waals surface area contributed by atoms with Crippen molar-refractivity contribution in [1.82, 2.24) is 25.2 Å². The first-order valence-electron chi connectivity index (χ1n) is 6.50. The minimum Gasteiger partial charge on any atom is -0.476 e. The van der Waals surface area contributed by atoms with Crippen molar-refractivity contribution in [3.63, 3.8) is 0 Å². The van der Waals surface area contributed by atoms with Gasteiger partial charge in [-0.25, -0.2) is 9.48 Å². The van der Waals surface area contributed by atoms with Crippen molar-refractivity contribution in [1.29, 1.82) is 0 Å². The van der Waals surface area contributed by atoms with Gasteiger partial charge in [0.2, 0.25) is 11.8 Å². The molecule has 2 amide bonds. The van der Waals surface area contributed by atoms with E-state index in [4.69, 9.17) is 5.11 Å². The van der Waals surface area contributed by atoms with E-state index < -0.39 is 5.97 Å². The number of nitrogens with zero attached hydrogens (tertiary/aromatic N) is 4. The van der Waals surface area contributed by atoms with E-state index in [-0.39, 0.29) is 30.6 Å². The molecule has 0 aliphatic heterocycles. The molecule has 9 heteroatoms. The number of carboxylic acid groups (broad SMARTS) is 1. The van der Waals surface area contributed by atoms with Gasteiger partial charge >= 0.3 is 5.97 Å². The summed E-state index contributed by atoms with van der Waals surface area (Å²) in [6, 6.07) is 0. The number of amides is 2. The van der Waals surface area contributed by atoms with Gasteiger partial charge in [0.25, 0.3) is 0 Å². The normalized spacial score (nSPS) is 10.2. The number of aromatic nitrogens is 3. The zero-order valence-electron chi connectivity index (χ0n) is 12.3. The summed E-state index contributed by atoms with van der Waals surface area (Å²) >= 11 is 0. The minimum absolute atomic E-state index is 0.0572. The van der Waals surface area contributed by atoms with Crippen LogP contribution in [0.15, 0.2) is 0 Å². The first-order chi connectivity index (χ1) is 9.86. The average Bonchev–Trinajstić information content (AvgIpc) is 2.77. The van der Waals surface area contributed by atoms with Gasteiger partial charge in [-0.05, 0) is 13.3 Å². The van der Waals surface area contributed by atoms with Gasteiger partial charge in [0.05, 0.1) is 12.2 Å². The molecule has 1 rings (SSSR count). The standard InChI is InChI=1S/C12H19N5O4/c1-4-5-13-9(18)6-16(3)10(19)7-17-8(2)11(12(20)21)14-15-17/h4-7H2,1-3H3,(H,13,18)(H,20,21). The van der Waals surface area contributed by atoms with Crippen molar-refractivity contribution < 1.29 is 19.5 Å². The lowest BCUT2D eigenvalue weighted by Gasteiger charge is -2.16. The van der Waals surface area contributed by atoms with Crippen LogP contribution in [0.4, 0.5) is 0 Å². The molecule has 1 heterocycles. The molecule has 0 spiro atoms. The van der Waals surface area contributed by atoms with Crippen molar-refractivity contribution in [2.45, 2.75) is 26.8 Å². The maximum absolute atomic E-state index is 12.0. The van der Waals surface area contributed by atoms with E-state index in [1.807, 2.05) is 6.92 Å². The van der Waals surface area contributed by atoms with E-state index in [1.54, 1.807) is 0 Å². The van der Waals surface area contributed by atoms with Crippen LogP contribution < -0.4 is 5.32 Å². The van der Waals surface area contributed by atoms with Crippen LogP contribution in [-0.2, 0) is 16.1 Å². The second-order valence-electron chi connectivity index (χ2n) is 4.59. The number of likely N-dealkylation sites (N-methyl/N-ethyl adjacent to an activating group) is 1. The highest BCUT2D eigenvalue weighted by atomic mass is 16.4. The third-order valence-corrected chi connectivity index (χ3v) is 2.85. The SMILES string of the molecule is CCCNC(=O)CN(C)C(=O)Cn1nnc(C(=O)O)c1C. The van der Waals surface area contributed by atoms with E-state index in [1.165, 1.54) is 23.6 Å². The number of hydrogen-bond acceptors (Lipinski definition) is 5. The summed E-state index contributed by atoms with van der Waals surface area (Å²) in [6.07, 6.45) is 0.819. The molecule has 9 nitrogen and oxygen atoms in total. The largest absolute Gasteiger partial charge is 0.476 e. The lowest BCUT2D eigenvalue weighted by atomic mass is 10.3. The van der Waals surface area contributed by atoms with E-state index >= 15 is 0 Å². The van der Waals surface area contributed by atoms with Crippen molar-refractivity contribution in [3.8, 4) is 0 Å². The van der Waals surface area contributed by atoms with Crippen molar-refractivity contribution in [3.05, 3.63) is 11.4 Å². The molecule has 0 fully saturated rings. The minimum atomic E-state index is -1.20. The van der Waals surface area contributed by atoms with Crippen molar-refractivity contribution in [2.24, 2.45) is 0 Å². The number of carbonyl (C=O) groups is 3. The third kappa shape index (κ3) is 4.55. The summed E-state index contributed by atoms with van der Waals surface area (Å²) in [6.45, 7) is 3.79. The predicted molar refractivity (Wildman–Crippen MR) is 72.7 cm³/mol. The summed E-state index contributed by atoms with van der Waals surface area (Å²) in [5.41, 5.74) is 0.103. The molecule has 0 saturated heterocycles. The number of aromatic carboxylic acids is 1. The molecule has 0 atom stereocenters. The highest BCUT2D eigenvalue weighted by Gasteiger charge is 2.19. The summed E-state index contributed by atoms with van der Waals surface area (Å²) in [4.78, 5) is 35.6. The highest BCUT2D eigenvalue weighted by Crippen LogP contribution is 2.04. The van der Waals surface area contributed by atoms with Gasteiger partial charge in [-0.3, -0.25) is 9.59 Å². The van der Waals surface area contributed by atoms with Crippen LogP contribution in [0.2, 0.25) is 0 Å². The molecule has 0 aromatic carbocycles. The summed E-state index contributed by atoms with van der Waals surface area (Å²) in [5, 5.41) is 18.6. The van der Waals surface area contributed by atoms with Gasteiger partial charge in [-0.15, -0.1) is 5.10 Å². The average molecular weight is 297 g/mol. The van der Waals surface area contributed by atoms with Crippen LogP contribution >= 0.6 is 0 Å². The van der Waals surface area contributed by atoms with Crippen LogP contribution in [0.1, 0.15) is 29.5 Å². The topological polar surface area (TPSA) is 117 Å². The predicted octanol–water partition coefficient (Wildman–Crippen LogP) is -0.731. The monoisotopic (exact) mass is 297 g/mol. The number of hydrogen-bond donors (Lipinski definition) is 2. The van der Waals surface area contributed by atoms with Crippen molar-refractivity contribution >= 4 is 17.8 Å². The molecular weight excluding hydrogens is 278 g/mol. The zero-order chi connectivity index (χ0) is 16.0. The second kappa shape index (κ2) is 7.36. The number of nitrogens with one attached hydrogen (secondary N) is 1.